The summed E-state index contributed by atoms with van der Waals surface area (Å²) in [6.45, 7) is 3.73. The Balaban J connectivity index is 1.35. The van der Waals surface area contributed by atoms with Crippen LogP contribution in [0.1, 0.15) is 28.3 Å². The lowest BCUT2D eigenvalue weighted by molar-refractivity contribution is -0.133. The number of hydrogen-bond acceptors (Lipinski definition) is 4. The third kappa shape index (κ3) is 6.88. The Morgan fingerprint density at radius 3 is 1.81 bits per heavy atom. The molecule has 0 aromatic heterocycles. The molecule has 218 valence electrons. The van der Waals surface area contributed by atoms with Crippen molar-refractivity contribution >= 4 is 39.1 Å². The summed E-state index contributed by atoms with van der Waals surface area (Å²) in [5, 5.41) is 0.695. The van der Waals surface area contributed by atoms with E-state index in [1.807, 2.05) is 43.3 Å². The smallest absolute Gasteiger partial charge is 0.243 e. The molecule has 1 heterocycles. The molecule has 0 N–H and O–H groups in total. The van der Waals surface area contributed by atoms with Crippen LogP contribution >= 0.6 is 23.2 Å². The zero-order chi connectivity index (χ0) is 29.7. The van der Waals surface area contributed by atoms with Gasteiger partial charge in [0.15, 0.2) is 0 Å². The van der Waals surface area contributed by atoms with Crippen LogP contribution in [0.4, 0.5) is 0 Å². The zero-order valence-corrected chi connectivity index (χ0v) is 25.7. The number of nitrogens with zero attached hydrogens (tertiary/aromatic N) is 3. The normalized spacial score (nSPS) is 14.5. The Morgan fingerprint density at radius 1 is 0.762 bits per heavy atom. The summed E-state index contributed by atoms with van der Waals surface area (Å²) in [5.74, 6) is -0.260. The summed E-state index contributed by atoms with van der Waals surface area (Å²) < 4.78 is 28.8. The monoisotopic (exact) mass is 621 g/mol. The van der Waals surface area contributed by atoms with Crippen LogP contribution in [-0.2, 0) is 21.4 Å². The second kappa shape index (κ2) is 13.4. The average molecular weight is 623 g/mol. The summed E-state index contributed by atoms with van der Waals surface area (Å²) in [6, 6.07) is 32.4. The van der Waals surface area contributed by atoms with Gasteiger partial charge in [0, 0.05) is 48.3 Å². The first-order chi connectivity index (χ1) is 20.2. The summed E-state index contributed by atoms with van der Waals surface area (Å²) in [4.78, 5) is 17.9. The molecule has 4 aromatic rings. The maximum atomic E-state index is 13.8. The van der Waals surface area contributed by atoms with Gasteiger partial charge >= 0.3 is 0 Å². The van der Waals surface area contributed by atoms with Crippen molar-refractivity contribution < 1.29 is 13.2 Å². The van der Waals surface area contributed by atoms with E-state index in [9.17, 15) is 13.2 Å². The fourth-order valence-corrected chi connectivity index (χ4v) is 7.18. The lowest BCUT2D eigenvalue weighted by atomic mass is 9.96. The van der Waals surface area contributed by atoms with Gasteiger partial charge in [-0.25, -0.2) is 8.42 Å². The molecule has 6 nitrogen and oxygen atoms in total. The van der Waals surface area contributed by atoms with Crippen molar-refractivity contribution in [3.8, 4) is 0 Å². The van der Waals surface area contributed by atoms with E-state index in [1.54, 1.807) is 47.4 Å². The number of carbonyl (C=O) groups is 1. The summed E-state index contributed by atoms with van der Waals surface area (Å²) in [5.41, 5.74) is 3.78. The first kappa shape index (κ1) is 30.3. The van der Waals surface area contributed by atoms with E-state index in [4.69, 9.17) is 23.2 Å². The molecule has 1 aliphatic rings. The number of sulfonamides is 1. The Hall–Kier alpha value is -3.20. The number of aryl methyl sites for hydroxylation is 1. The molecule has 1 amide bonds. The van der Waals surface area contributed by atoms with Crippen LogP contribution < -0.4 is 0 Å². The highest BCUT2D eigenvalue weighted by molar-refractivity contribution is 7.89. The van der Waals surface area contributed by atoms with Crippen LogP contribution in [0.25, 0.3) is 0 Å². The van der Waals surface area contributed by atoms with Crippen molar-refractivity contribution in [1.29, 1.82) is 0 Å². The number of carbonyl (C=O) groups excluding carboxylic acids is 1. The van der Waals surface area contributed by atoms with E-state index in [2.05, 4.69) is 29.2 Å². The van der Waals surface area contributed by atoms with Crippen molar-refractivity contribution in [3.05, 3.63) is 135 Å². The van der Waals surface area contributed by atoms with Crippen molar-refractivity contribution in [1.82, 2.24) is 14.1 Å². The Labute approximate surface area is 258 Å². The molecular formula is C33H33Cl2N3O3S. The molecule has 0 unspecified atom stereocenters. The van der Waals surface area contributed by atoms with Crippen molar-refractivity contribution in [2.75, 3.05) is 32.7 Å². The van der Waals surface area contributed by atoms with Gasteiger partial charge in [-0.3, -0.25) is 9.69 Å². The Bertz CT molecular complexity index is 1550. The largest absolute Gasteiger partial charge is 0.339 e. The molecule has 4 aromatic carbocycles. The fraction of sp³-hybridized carbons (Fsp3) is 0.242. The molecule has 0 atom stereocenters. The number of amides is 1. The van der Waals surface area contributed by atoms with Crippen molar-refractivity contribution in [2.45, 2.75) is 24.4 Å². The van der Waals surface area contributed by atoms with Gasteiger partial charge in [-0.15, -0.1) is 0 Å². The molecule has 0 bridgehead atoms. The SMILES string of the molecule is Cc1ccc(S(=O)(=O)N(CC(=O)N2CCN(C(c3ccccc3)c3ccccc3)CC2)Cc2c(Cl)cccc2Cl)cc1. The lowest BCUT2D eigenvalue weighted by Crippen LogP contribution is -2.52. The third-order valence-electron chi connectivity index (χ3n) is 7.63. The maximum Gasteiger partial charge on any atom is 0.243 e. The second-order valence-corrected chi connectivity index (χ2v) is 13.2. The van der Waals surface area contributed by atoms with E-state index in [1.165, 1.54) is 15.4 Å². The van der Waals surface area contributed by atoms with Crippen LogP contribution in [0, 0.1) is 6.92 Å². The van der Waals surface area contributed by atoms with Crippen LogP contribution in [0.2, 0.25) is 10.0 Å². The third-order valence-corrected chi connectivity index (χ3v) is 10.1. The highest BCUT2D eigenvalue weighted by Crippen LogP contribution is 2.31. The first-order valence-corrected chi connectivity index (χ1v) is 16.0. The van der Waals surface area contributed by atoms with Gasteiger partial charge in [0.05, 0.1) is 17.5 Å². The van der Waals surface area contributed by atoms with Gasteiger partial charge in [0.2, 0.25) is 15.9 Å². The first-order valence-electron chi connectivity index (χ1n) is 13.9. The topological polar surface area (TPSA) is 60.9 Å². The van der Waals surface area contributed by atoms with Crippen LogP contribution in [0.3, 0.4) is 0 Å². The van der Waals surface area contributed by atoms with Gasteiger partial charge in [-0.05, 0) is 42.3 Å². The van der Waals surface area contributed by atoms with Gasteiger partial charge in [0.25, 0.3) is 0 Å². The Morgan fingerprint density at radius 2 is 1.29 bits per heavy atom. The molecule has 0 aliphatic carbocycles. The van der Waals surface area contributed by atoms with Gasteiger partial charge in [-0.2, -0.15) is 4.31 Å². The van der Waals surface area contributed by atoms with Crippen LogP contribution in [-0.4, -0.2) is 61.2 Å². The van der Waals surface area contributed by atoms with E-state index >= 15 is 0 Å². The predicted octanol–water partition coefficient (Wildman–Crippen LogP) is 6.43. The molecule has 42 heavy (non-hydrogen) atoms. The van der Waals surface area contributed by atoms with E-state index < -0.39 is 10.0 Å². The minimum atomic E-state index is -4.02. The molecular weight excluding hydrogens is 589 g/mol. The summed E-state index contributed by atoms with van der Waals surface area (Å²) in [6.07, 6.45) is 0. The fourth-order valence-electron chi connectivity index (χ4n) is 5.31. The average Bonchev–Trinajstić information content (AvgIpc) is 3.00. The second-order valence-electron chi connectivity index (χ2n) is 10.4. The van der Waals surface area contributed by atoms with Crippen molar-refractivity contribution in [2.24, 2.45) is 0 Å². The van der Waals surface area contributed by atoms with Gasteiger partial charge < -0.3 is 4.90 Å². The van der Waals surface area contributed by atoms with Crippen molar-refractivity contribution in [3.63, 3.8) is 0 Å². The lowest BCUT2D eigenvalue weighted by Gasteiger charge is -2.40. The van der Waals surface area contributed by atoms with Crippen LogP contribution in [0.15, 0.2) is 108 Å². The molecule has 0 radical (unpaired) electrons. The van der Waals surface area contributed by atoms with E-state index in [-0.39, 0.29) is 29.9 Å². The Kier molecular flexibility index (Phi) is 9.66. The number of hydrogen-bond donors (Lipinski definition) is 0. The number of rotatable bonds is 9. The number of benzene rings is 4. The zero-order valence-electron chi connectivity index (χ0n) is 23.4. The molecule has 9 heteroatoms. The van der Waals surface area contributed by atoms with Gasteiger partial charge in [-0.1, -0.05) is 108 Å². The quantitative estimate of drug-likeness (QED) is 0.216. The predicted molar refractivity (Wildman–Crippen MR) is 168 cm³/mol. The maximum absolute atomic E-state index is 13.8. The standard InChI is InChI=1S/C33H33Cl2N3O3S/c1-25-15-17-28(18-16-25)42(40,41)38(23-29-30(34)13-8-14-31(29)35)24-32(39)36-19-21-37(22-20-36)33(26-9-4-2-5-10-26)27-11-6-3-7-12-27/h2-18,33H,19-24H2,1H3. The molecule has 5 rings (SSSR count). The number of piperazine rings is 1. The minimum absolute atomic E-state index is 0.0606. The van der Waals surface area contributed by atoms with Crippen LogP contribution in [0.5, 0.6) is 0 Å². The highest BCUT2D eigenvalue weighted by atomic mass is 35.5. The number of halogens is 2. The summed E-state index contributed by atoms with van der Waals surface area (Å²) >= 11 is 12.8. The molecule has 1 aliphatic heterocycles. The van der Waals surface area contributed by atoms with E-state index in [0.717, 1.165) is 5.56 Å². The molecule has 0 saturated carbocycles. The van der Waals surface area contributed by atoms with Gasteiger partial charge in [0.1, 0.15) is 0 Å². The summed E-state index contributed by atoms with van der Waals surface area (Å²) in [7, 11) is -4.02. The molecule has 0 spiro atoms. The minimum Gasteiger partial charge on any atom is -0.339 e. The molecule has 1 fully saturated rings. The molecule has 1 saturated heterocycles. The highest BCUT2D eigenvalue weighted by Gasteiger charge is 2.32. The van der Waals surface area contributed by atoms with E-state index in [0.29, 0.717) is 41.8 Å².